The van der Waals surface area contributed by atoms with Gasteiger partial charge in [-0.1, -0.05) is 12.8 Å². The van der Waals surface area contributed by atoms with Gasteiger partial charge in [0.25, 0.3) is 0 Å². The molecule has 1 N–H and O–H groups in total. The van der Waals surface area contributed by atoms with Crippen molar-refractivity contribution in [3.63, 3.8) is 0 Å². The second-order valence-corrected chi connectivity index (χ2v) is 6.02. The van der Waals surface area contributed by atoms with Gasteiger partial charge in [0.05, 0.1) is 12.7 Å². The van der Waals surface area contributed by atoms with Crippen LogP contribution in [-0.4, -0.2) is 49.8 Å². The first-order valence-electron chi connectivity index (χ1n) is 7.41. The summed E-state index contributed by atoms with van der Waals surface area (Å²) in [7, 11) is 2.11. The fraction of sp³-hybridized carbons (Fsp3) is 1.00. The van der Waals surface area contributed by atoms with E-state index in [1.165, 1.54) is 45.1 Å². The average Bonchev–Trinajstić information content (AvgIpc) is 2.99. The highest BCUT2D eigenvalue weighted by Gasteiger charge is 2.38. The van der Waals surface area contributed by atoms with Crippen LogP contribution >= 0.6 is 0 Å². The molecule has 1 aliphatic carbocycles. The first-order valence-corrected chi connectivity index (χ1v) is 7.41. The van der Waals surface area contributed by atoms with E-state index in [-0.39, 0.29) is 0 Å². The Kier molecular flexibility index (Phi) is 3.69. The van der Waals surface area contributed by atoms with Crippen LogP contribution in [0.2, 0.25) is 0 Å². The maximum absolute atomic E-state index is 6.15. The van der Waals surface area contributed by atoms with Gasteiger partial charge in [-0.3, -0.25) is 4.90 Å². The number of ether oxygens (including phenoxy) is 1. The van der Waals surface area contributed by atoms with Crippen LogP contribution in [0.4, 0.5) is 0 Å². The van der Waals surface area contributed by atoms with Crippen molar-refractivity contribution in [2.24, 2.45) is 5.92 Å². The SMILES string of the molecule is CNC(C1CCCC1)C1CN2CCCC2CO1. The van der Waals surface area contributed by atoms with Crippen LogP contribution in [0.5, 0.6) is 0 Å². The van der Waals surface area contributed by atoms with Gasteiger partial charge in [0.15, 0.2) is 0 Å². The highest BCUT2D eigenvalue weighted by molar-refractivity contribution is 4.93. The monoisotopic (exact) mass is 238 g/mol. The van der Waals surface area contributed by atoms with Crippen molar-refractivity contribution < 1.29 is 4.74 Å². The van der Waals surface area contributed by atoms with Crippen molar-refractivity contribution in [1.29, 1.82) is 0 Å². The van der Waals surface area contributed by atoms with E-state index in [1.807, 2.05) is 0 Å². The van der Waals surface area contributed by atoms with E-state index in [9.17, 15) is 0 Å². The molecule has 0 aromatic carbocycles. The summed E-state index contributed by atoms with van der Waals surface area (Å²) in [5.74, 6) is 0.851. The molecule has 3 aliphatic rings. The van der Waals surface area contributed by atoms with E-state index < -0.39 is 0 Å². The van der Waals surface area contributed by atoms with E-state index in [0.717, 1.165) is 25.1 Å². The minimum atomic E-state index is 0.428. The molecule has 2 aliphatic heterocycles. The van der Waals surface area contributed by atoms with Crippen molar-refractivity contribution in [2.45, 2.75) is 56.7 Å². The smallest absolute Gasteiger partial charge is 0.0858 e. The zero-order chi connectivity index (χ0) is 11.7. The Morgan fingerprint density at radius 1 is 1.18 bits per heavy atom. The highest BCUT2D eigenvalue weighted by atomic mass is 16.5. The summed E-state index contributed by atoms with van der Waals surface area (Å²) >= 11 is 0. The van der Waals surface area contributed by atoms with Crippen LogP contribution in [0.3, 0.4) is 0 Å². The van der Waals surface area contributed by atoms with Crippen molar-refractivity contribution in [1.82, 2.24) is 10.2 Å². The quantitative estimate of drug-likeness (QED) is 0.809. The Morgan fingerprint density at radius 3 is 2.76 bits per heavy atom. The number of morpholine rings is 1. The van der Waals surface area contributed by atoms with Crippen molar-refractivity contribution in [3.8, 4) is 0 Å². The van der Waals surface area contributed by atoms with Gasteiger partial charge in [-0.2, -0.15) is 0 Å². The molecule has 1 saturated carbocycles. The predicted molar refractivity (Wildman–Crippen MR) is 69.1 cm³/mol. The van der Waals surface area contributed by atoms with Gasteiger partial charge in [0, 0.05) is 18.6 Å². The topological polar surface area (TPSA) is 24.5 Å². The van der Waals surface area contributed by atoms with Crippen molar-refractivity contribution >= 4 is 0 Å². The summed E-state index contributed by atoms with van der Waals surface area (Å²) in [6.45, 7) is 3.42. The molecule has 0 spiro atoms. The van der Waals surface area contributed by atoms with Crippen LogP contribution in [0.1, 0.15) is 38.5 Å². The second-order valence-electron chi connectivity index (χ2n) is 6.02. The third-order valence-electron chi connectivity index (χ3n) is 5.06. The van der Waals surface area contributed by atoms with Gasteiger partial charge >= 0.3 is 0 Å². The summed E-state index contributed by atoms with van der Waals surface area (Å²) < 4.78 is 6.15. The third kappa shape index (κ3) is 2.38. The minimum absolute atomic E-state index is 0.428. The summed E-state index contributed by atoms with van der Waals surface area (Å²) in [5.41, 5.74) is 0. The van der Waals surface area contributed by atoms with Gasteiger partial charge in [0.1, 0.15) is 0 Å². The maximum atomic E-state index is 6.15. The predicted octanol–water partition coefficient (Wildman–Crippen LogP) is 1.63. The molecule has 98 valence electrons. The van der Waals surface area contributed by atoms with Gasteiger partial charge in [0.2, 0.25) is 0 Å². The fourth-order valence-corrected chi connectivity index (χ4v) is 4.10. The largest absolute Gasteiger partial charge is 0.374 e. The number of hydrogen-bond acceptors (Lipinski definition) is 3. The van der Waals surface area contributed by atoms with Crippen LogP contribution in [0.15, 0.2) is 0 Å². The Balaban J connectivity index is 1.62. The molecule has 3 fully saturated rings. The second kappa shape index (κ2) is 5.25. The summed E-state index contributed by atoms with van der Waals surface area (Å²) in [4.78, 5) is 2.66. The number of nitrogens with zero attached hydrogens (tertiary/aromatic N) is 1. The Labute approximate surface area is 105 Å². The maximum Gasteiger partial charge on any atom is 0.0858 e. The third-order valence-corrected chi connectivity index (χ3v) is 5.06. The molecule has 17 heavy (non-hydrogen) atoms. The molecule has 2 saturated heterocycles. The molecule has 3 nitrogen and oxygen atoms in total. The lowest BCUT2D eigenvalue weighted by Gasteiger charge is -2.40. The molecule has 0 radical (unpaired) electrons. The molecule has 0 aromatic rings. The lowest BCUT2D eigenvalue weighted by molar-refractivity contribution is -0.0719. The van der Waals surface area contributed by atoms with Gasteiger partial charge in [-0.25, -0.2) is 0 Å². The average molecular weight is 238 g/mol. The summed E-state index contributed by atoms with van der Waals surface area (Å²) in [6, 6.07) is 1.31. The lowest BCUT2D eigenvalue weighted by atomic mass is 9.92. The molecule has 2 heterocycles. The molecular weight excluding hydrogens is 212 g/mol. The van der Waals surface area contributed by atoms with Gasteiger partial charge < -0.3 is 10.1 Å². The molecule has 0 bridgehead atoms. The van der Waals surface area contributed by atoms with Gasteiger partial charge in [-0.05, 0) is 45.2 Å². The molecule has 3 atom stereocenters. The highest BCUT2D eigenvalue weighted by Crippen LogP contribution is 2.32. The van der Waals surface area contributed by atoms with Crippen molar-refractivity contribution in [3.05, 3.63) is 0 Å². The van der Waals surface area contributed by atoms with Crippen LogP contribution < -0.4 is 5.32 Å². The number of likely N-dealkylation sites (N-methyl/N-ethyl adjacent to an activating group) is 1. The van der Waals surface area contributed by atoms with E-state index in [0.29, 0.717) is 12.1 Å². The van der Waals surface area contributed by atoms with E-state index in [4.69, 9.17) is 4.74 Å². The van der Waals surface area contributed by atoms with Crippen LogP contribution in [0, 0.1) is 5.92 Å². The van der Waals surface area contributed by atoms with Gasteiger partial charge in [-0.15, -0.1) is 0 Å². The molecule has 0 aromatic heterocycles. The van der Waals surface area contributed by atoms with Crippen LogP contribution in [-0.2, 0) is 4.74 Å². The zero-order valence-corrected chi connectivity index (χ0v) is 11.0. The Hall–Kier alpha value is -0.120. The number of rotatable bonds is 3. The molecule has 3 rings (SSSR count). The standard InChI is InChI=1S/C14H26N2O/c1-15-14(11-5-2-3-6-11)13-9-16-8-4-7-12(16)10-17-13/h11-15H,2-10H2,1H3. The normalized spacial score (nSPS) is 37.2. The minimum Gasteiger partial charge on any atom is -0.374 e. The lowest BCUT2D eigenvalue weighted by Crippen LogP contribution is -2.55. The molecule has 3 unspecified atom stereocenters. The summed E-state index contributed by atoms with van der Waals surface area (Å²) in [6.07, 6.45) is 8.78. The number of nitrogens with one attached hydrogen (secondary N) is 1. The first kappa shape index (κ1) is 11.9. The fourth-order valence-electron chi connectivity index (χ4n) is 4.10. The van der Waals surface area contributed by atoms with E-state index >= 15 is 0 Å². The summed E-state index contributed by atoms with van der Waals surface area (Å²) in [5, 5.41) is 3.54. The zero-order valence-electron chi connectivity index (χ0n) is 11.0. The van der Waals surface area contributed by atoms with Crippen molar-refractivity contribution in [2.75, 3.05) is 26.7 Å². The van der Waals surface area contributed by atoms with E-state index in [1.54, 1.807) is 0 Å². The first-order chi connectivity index (χ1) is 8.38. The Bertz CT molecular complexity index is 253. The molecular formula is C14H26N2O. The number of hydrogen-bond donors (Lipinski definition) is 1. The number of fused-ring (bicyclic) bond motifs is 1. The van der Waals surface area contributed by atoms with Crippen LogP contribution in [0.25, 0.3) is 0 Å². The molecule has 0 amide bonds. The molecule has 3 heteroatoms. The van der Waals surface area contributed by atoms with E-state index in [2.05, 4.69) is 17.3 Å². The Morgan fingerprint density at radius 2 is 2.00 bits per heavy atom.